The SMILES string of the molecule is C[NH+](C)CCC(=CCc1ccc(C(=O)c2ccccc2)cc1)C(=O)O.[Cl-]. The van der Waals surface area contributed by atoms with Crippen molar-refractivity contribution < 1.29 is 32.0 Å². The van der Waals surface area contributed by atoms with Crippen molar-refractivity contribution in [3.63, 3.8) is 0 Å². The Balaban J connectivity index is 0.00000338. The fourth-order valence-corrected chi connectivity index (χ4v) is 2.47. The molecule has 0 aliphatic rings. The second kappa shape index (κ2) is 10.5. The molecule has 5 heteroatoms. The number of quaternary nitrogens is 1. The van der Waals surface area contributed by atoms with Crippen molar-refractivity contribution >= 4 is 11.8 Å². The van der Waals surface area contributed by atoms with Gasteiger partial charge >= 0.3 is 5.97 Å². The van der Waals surface area contributed by atoms with E-state index >= 15 is 0 Å². The van der Waals surface area contributed by atoms with Crippen LogP contribution in [0.4, 0.5) is 0 Å². The number of carbonyl (C=O) groups excluding carboxylic acids is 1. The summed E-state index contributed by atoms with van der Waals surface area (Å²) >= 11 is 0. The molecule has 0 unspecified atom stereocenters. The molecule has 0 radical (unpaired) electrons. The highest BCUT2D eigenvalue weighted by molar-refractivity contribution is 6.08. The topological polar surface area (TPSA) is 58.8 Å². The standard InChI is InChI=1S/C21H23NO3.ClH/c1-22(2)15-14-19(21(24)25)13-10-16-8-11-18(12-9-16)20(23)17-6-4-3-5-7-17;/h3-9,11-13H,10,14-15H2,1-2H3,(H,24,25);1H. The smallest absolute Gasteiger partial charge is 0.331 e. The van der Waals surface area contributed by atoms with Crippen LogP contribution in [0.1, 0.15) is 27.9 Å². The van der Waals surface area contributed by atoms with Crippen LogP contribution in [0.5, 0.6) is 0 Å². The molecule has 0 bridgehead atoms. The summed E-state index contributed by atoms with van der Waals surface area (Å²) in [6, 6.07) is 16.5. The molecule has 2 aromatic rings. The van der Waals surface area contributed by atoms with Gasteiger partial charge in [0.15, 0.2) is 5.78 Å². The van der Waals surface area contributed by atoms with Crippen LogP contribution in [0.15, 0.2) is 66.2 Å². The first-order chi connectivity index (χ1) is 12.0. The van der Waals surface area contributed by atoms with Crippen LogP contribution in [0.3, 0.4) is 0 Å². The van der Waals surface area contributed by atoms with Crippen LogP contribution in [0.2, 0.25) is 0 Å². The van der Waals surface area contributed by atoms with Crippen LogP contribution in [0.25, 0.3) is 0 Å². The van der Waals surface area contributed by atoms with E-state index in [4.69, 9.17) is 0 Å². The van der Waals surface area contributed by atoms with Gasteiger partial charge in [0.25, 0.3) is 0 Å². The number of hydrogen-bond donors (Lipinski definition) is 2. The van der Waals surface area contributed by atoms with Crippen molar-refractivity contribution in [2.24, 2.45) is 0 Å². The van der Waals surface area contributed by atoms with Gasteiger partial charge in [-0.3, -0.25) is 4.79 Å². The Kier molecular flexibility index (Phi) is 8.76. The first-order valence-electron chi connectivity index (χ1n) is 8.37. The summed E-state index contributed by atoms with van der Waals surface area (Å²) in [5, 5.41) is 9.28. The van der Waals surface area contributed by atoms with Gasteiger partial charge in [0, 0.05) is 23.1 Å². The molecule has 0 heterocycles. The lowest BCUT2D eigenvalue weighted by atomic mass is 10.0. The first kappa shape index (κ1) is 21.6. The summed E-state index contributed by atoms with van der Waals surface area (Å²) in [4.78, 5) is 24.9. The lowest BCUT2D eigenvalue weighted by Crippen LogP contribution is -3.05. The summed E-state index contributed by atoms with van der Waals surface area (Å²) in [7, 11) is 4.00. The minimum atomic E-state index is -0.864. The number of rotatable bonds is 8. The second-order valence-corrected chi connectivity index (χ2v) is 6.34. The number of allylic oxidation sites excluding steroid dienone is 1. The predicted molar refractivity (Wildman–Crippen MR) is 98.0 cm³/mol. The monoisotopic (exact) mass is 373 g/mol. The van der Waals surface area contributed by atoms with E-state index in [1.807, 2.05) is 44.4 Å². The third kappa shape index (κ3) is 6.47. The number of ketones is 1. The Hall–Kier alpha value is -2.43. The average molecular weight is 374 g/mol. The van der Waals surface area contributed by atoms with Crippen molar-refractivity contribution in [1.82, 2.24) is 0 Å². The molecule has 0 saturated carbocycles. The molecular weight excluding hydrogens is 350 g/mol. The molecule has 0 aliphatic heterocycles. The van der Waals surface area contributed by atoms with Crippen LogP contribution < -0.4 is 17.3 Å². The highest BCUT2D eigenvalue weighted by atomic mass is 35.5. The Morgan fingerprint density at radius 2 is 1.54 bits per heavy atom. The second-order valence-electron chi connectivity index (χ2n) is 6.34. The zero-order valence-corrected chi connectivity index (χ0v) is 15.8. The van der Waals surface area contributed by atoms with Gasteiger partial charge in [0.1, 0.15) is 0 Å². The molecule has 26 heavy (non-hydrogen) atoms. The van der Waals surface area contributed by atoms with Crippen molar-refractivity contribution in [3.8, 4) is 0 Å². The van der Waals surface area contributed by atoms with E-state index in [9.17, 15) is 14.7 Å². The lowest BCUT2D eigenvalue weighted by Gasteiger charge is -2.07. The number of halogens is 1. The summed E-state index contributed by atoms with van der Waals surface area (Å²) in [5.74, 6) is -0.875. The van der Waals surface area contributed by atoms with Crippen molar-refractivity contribution in [1.29, 1.82) is 0 Å². The van der Waals surface area contributed by atoms with Crippen molar-refractivity contribution in [3.05, 3.63) is 82.9 Å². The van der Waals surface area contributed by atoms with E-state index in [1.54, 1.807) is 30.3 Å². The average Bonchev–Trinajstić information content (AvgIpc) is 2.62. The van der Waals surface area contributed by atoms with E-state index in [1.165, 1.54) is 4.90 Å². The molecule has 0 aromatic heterocycles. The Morgan fingerprint density at radius 3 is 2.08 bits per heavy atom. The van der Waals surface area contributed by atoms with Gasteiger partial charge in [0.2, 0.25) is 0 Å². The predicted octanol–water partition coefficient (Wildman–Crippen LogP) is -0.990. The Bertz CT molecular complexity index is 753. The molecule has 0 fully saturated rings. The molecule has 0 amide bonds. The van der Waals surface area contributed by atoms with Crippen LogP contribution >= 0.6 is 0 Å². The summed E-state index contributed by atoms with van der Waals surface area (Å²) in [6.07, 6.45) is 2.85. The van der Waals surface area contributed by atoms with E-state index in [-0.39, 0.29) is 18.2 Å². The van der Waals surface area contributed by atoms with E-state index in [2.05, 4.69) is 0 Å². The number of aliphatic carboxylic acids is 1. The Labute approximate surface area is 160 Å². The van der Waals surface area contributed by atoms with Crippen molar-refractivity contribution in [2.75, 3.05) is 20.6 Å². The molecule has 0 spiro atoms. The number of benzene rings is 2. The largest absolute Gasteiger partial charge is 1.00 e. The van der Waals surface area contributed by atoms with Gasteiger partial charge < -0.3 is 22.4 Å². The fourth-order valence-electron chi connectivity index (χ4n) is 2.47. The van der Waals surface area contributed by atoms with Crippen LogP contribution in [-0.4, -0.2) is 37.5 Å². The quantitative estimate of drug-likeness (QED) is 0.461. The number of carboxylic acids is 1. The molecule has 2 rings (SSSR count). The highest BCUT2D eigenvalue weighted by Gasteiger charge is 2.10. The van der Waals surface area contributed by atoms with Gasteiger partial charge in [0.05, 0.1) is 20.6 Å². The molecule has 138 valence electrons. The fraction of sp³-hybridized carbons (Fsp3) is 0.238. The maximum absolute atomic E-state index is 12.4. The molecule has 0 atom stereocenters. The number of nitrogens with one attached hydrogen (secondary N) is 1. The molecule has 0 aliphatic carbocycles. The third-order valence-electron chi connectivity index (χ3n) is 4.01. The highest BCUT2D eigenvalue weighted by Crippen LogP contribution is 2.12. The first-order valence-corrected chi connectivity index (χ1v) is 8.37. The maximum Gasteiger partial charge on any atom is 0.331 e. The number of hydrogen-bond acceptors (Lipinski definition) is 2. The summed E-state index contributed by atoms with van der Waals surface area (Å²) in [5.41, 5.74) is 2.72. The van der Waals surface area contributed by atoms with E-state index < -0.39 is 5.97 Å². The van der Waals surface area contributed by atoms with E-state index in [0.717, 1.165) is 12.1 Å². The molecular formula is C21H24ClNO3. The molecule has 4 nitrogen and oxygen atoms in total. The minimum Gasteiger partial charge on any atom is -1.00 e. The normalized spacial score (nSPS) is 11.1. The number of carbonyl (C=O) groups is 2. The zero-order valence-electron chi connectivity index (χ0n) is 15.0. The van der Waals surface area contributed by atoms with Gasteiger partial charge in [-0.2, -0.15) is 0 Å². The summed E-state index contributed by atoms with van der Waals surface area (Å²) < 4.78 is 0. The molecule has 0 saturated heterocycles. The zero-order chi connectivity index (χ0) is 18.2. The lowest BCUT2D eigenvalue weighted by molar-refractivity contribution is -0.857. The van der Waals surface area contributed by atoms with Gasteiger partial charge in [-0.05, 0) is 12.0 Å². The molecule has 2 N–H and O–H groups in total. The van der Waals surface area contributed by atoms with Gasteiger partial charge in [-0.15, -0.1) is 0 Å². The number of carboxylic acid groups (broad SMARTS) is 1. The van der Waals surface area contributed by atoms with E-state index in [0.29, 0.717) is 29.5 Å². The minimum absolute atomic E-state index is 0. The summed E-state index contributed by atoms with van der Waals surface area (Å²) in [6.45, 7) is 0.780. The Morgan fingerprint density at radius 1 is 0.962 bits per heavy atom. The van der Waals surface area contributed by atoms with Gasteiger partial charge in [-0.25, -0.2) is 4.79 Å². The van der Waals surface area contributed by atoms with Crippen LogP contribution in [-0.2, 0) is 11.2 Å². The molecule has 2 aromatic carbocycles. The maximum atomic E-state index is 12.4. The third-order valence-corrected chi connectivity index (χ3v) is 4.01. The van der Waals surface area contributed by atoms with Crippen LogP contribution in [0, 0.1) is 0 Å². The van der Waals surface area contributed by atoms with Gasteiger partial charge in [-0.1, -0.05) is 60.7 Å². The van der Waals surface area contributed by atoms with Crippen molar-refractivity contribution in [2.45, 2.75) is 12.8 Å².